The van der Waals surface area contributed by atoms with Gasteiger partial charge in [0.05, 0.1) is 6.54 Å². The number of imide groups is 1. The summed E-state index contributed by atoms with van der Waals surface area (Å²) in [6.45, 7) is 4.89. The standard InChI is InChI=1S/C23H26N4O3/c1-3-23(2)21(29)27(22(30)24-23)25-20(28)15-26-13-17-11-7-8-12-18(17)19(14-26)16-9-5-4-6-10-16/h4-12,19H,3,13-15H2,1-2H3,(H,24,30)(H,25,28). The van der Waals surface area contributed by atoms with Crippen LogP contribution in [-0.2, 0) is 16.1 Å². The predicted molar refractivity (Wildman–Crippen MR) is 112 cm³/mol. The van der Waals surface area contributed by atoms with Gasteiger partial charge < -0.3 is 5.32 Å². The van der Waals surface area contributed by atoms with Gasteiger partial charge in [0, 0.05) is 19.0 Å². The van der Waals surface area contributed by atoms with Crippen molar-refractivity contribution in [1.82, 2.24) is 20.7 Å². The van der Waals surface area contributed by atoms with E-state index in [1.807, 2.05) is 42.2 Å². The van der Waals surface area contributed by atoms with Gasteiger partial charge in [0.1, 0.15) is 5.54 Å². The molecule has 0 bridgehead atoms. The van der Waals surface area contributed by atoms with Gasteiger partial charge in [0.2, 0.25) is 0 Å². The molecule has 2 N–H and O–H groups in total. The van der Waals surface area contributed by atoms with E-state index in [0.29, 0.717) is 19.5 Å². The number of urea groups is 1. The van der Waals surface area contributed by atoms with Crippen molar-refractivity contribution in [2.75, 3.05) is 13.1 Å². The van der Waals surface area contributed by atoms with Crippen molar-refractivity contribution in [3.05, 3.63) is 71.3 Å². The topological polar surface area (TPSA) is 81.8 Å². The van der Waals surface area contributed by atoms with Crippen LogP contribution in [0.2, 0.25) is 0 Å². The third-order valence-corrected chi connectivity index (χ3v) is 6.04. The van der Waals surface area contributed by atoms with Crippen LogP contribution in [-0.4, -0.2) is 46.4 Å². The molecule has 1 fully saturated rings. The molecule has 0 spiro atoms. The second-order valence-electron chi connectivity index (χ2n) is 8.12. The van der Waals surface area contributed by atoms with Gasteiger partial charge in [-0.1, -0.05) is 61.5 Å². The maximum absolute atomic E-state index is 12.7. The summed E-state index contributed by atoms with van der Waals surface area (Å²) in [4.78, 5) is 39.4. The lowest BCUT2D eigenvalue weighted by atomic mass is 9.85. The first-order valence-corrected chi connectivity index (χ1v) is 10.2. The summed E-state index contributed by atoms with van der Waals surface area (Å²) >= 11 is 0. The maximum Gasteiger partial charge on any atom is 0.344 e. The first-order valence-electron chi connectivity index (χ1n) is 10.2. The Labute approximate surface area is 176 Å². The van der Waals surface area contributed by atoms with Crippen LogP contribution >= 0.6 is 0 Å². The highest BCUT2D eigenvalue weighted by molar-refractivity contribution is 6.07. The number of carbonyl (C=O) groups is 3. The van der Waals surface area contributed by atoms with Crippen LogP contribution in [0.3, 0.4) is 0 Å². The van der Waals surface area contributed by atoms with Gasteiger partial charge in [-0.05, 0) is 30.0 Å². The second-order valence-corrected chi connectivity index (χ2v) is 8.12. The highest BCUT2D eigenvalue weighted by Gasteiger charge is 2.47. The molecule has 2 aromatic carbocycles. The molecule has 7 heteroatoms. The van der Waals surface area contributed by atoms with Crippen molar-refractivity contribution < 1.29 is 14.4 Å². The van der Waals surface area contributed by atoms with E-state index < -0.39 is 17.5 Å². The number of fused-ring (bicyclic) bond motifs is 1. The summed E-state index contributed by atoms with van der Waals surface area (Å²) in [6, 6.07) is 17.9. The zero-order valence-corrected chi connectivity index (χ0v) is 17.2. The normalized spacial score (nSPS) is 23.8. The number of hydrogen-bond donors (Lipinski definition) is 2. The Bertz CT molecular complexity index is 977. The Kier molecular flexibility index (Phi) is 5.30. The molecular formula is C23H26N4O3. The molecule has 2 aromatic rings. The predicted octanol–water partition coefficient (Wildman–Crippen LogP) is 2.39. The molecule has 1 saturated heterocycles. The van der Waals surface area contributed by atoms with Gasteiger partial charge in [-0.2, -0.15) is 5.01 Å². The number of hydrazine groups is 1. The van der Waals surface area contributed by atoms with Crippen LogP contribution in [0.4, 0.5) is 4.79 Å². The molecule has 2 aliphatic rings. The van der Waals surface area contributed by atoms with Crippen LogP contribution in [0.25, 0.3) is 0 Å². The molecule has 2 atom stereocenters. The smallest absolute Gasteiger partial charge is 0.322 e. The minimum atomic E-state index is -0.979. The van der Waals surface area contributed by atoms with E-state index in [0.717, 1.165) is 5.01 Å². The molecule has 30 heavy (non-hydrogen) atoms. The molecule has 2 unspecified atom stereocenters. The Morgan fingerprint density at radius 2 is 1.83 bits per heavy atom. The van der Waals surface area contributed by atoms with E-state index in [1.54, 1.807) is 6.92 Å². The monoisotopic (exact) mass is 406 g/mol. The number of carbonyl (C=O) groups excluding carboxylic acids is 3. The summed E-state index contributed by atoms with van der Waals surface area (Å²) in [5, 5.41) is 3.44. The van der Waals surface area contributed by atoms with E-state index in [1.165, 1.54) is 16.7 Å². The highest BCUT2D eigenvalue weighted by atomic mass is 16.2. The first-order chi connectivity index (χ1) is 14.4. The number of nitrogens with one attached hydrogen (secondary N) is 2. The second kappa shape index (κ2) is 7.91. The average Bonchev–Trinajstić information content (AvgIpc) is 2.97. The largest absolute Gasteiger partial charge is 0.344 e. The van der Waals surface area contributed by atoms with E-state index in [4.69, 9.17) is 0 Å². The van der Waals surface area contributed by atoms with Gasteiger partial charge in [-0.15, -0.1) is 0 Å². The van der Waals surface area contributed by atoms with Crippen molar-refractivity contribution in [3.8, 4) is 0 Å². The van der Waals surface area contributed by atoms with E-state index in [9.17, 15) is 14.4 Å². The van der Waals surface area contributed by atoms with Crippen molar-refractivity contribution in [3.63, 3.8) is 0 Å². The van der Waals surface area contributed by atoms with Crippen LogP contribution in [0.15, 0.2) is 54.6 Å². The average molecular weight is 406 g/mol. The summed E-state index contributed by atoms with van der Waals surface area (Å²) in [6.07, 6.45) is 0.450. The van der Waals surface area contributed by atoms with Gasteiger partial charge in [0.15, 0.2) is 0 Å². The minimum absolute atomic E-state index is 0.0948. The molecule has 0 aromatic heterocycles. The molecule has 2 aliphatic heterocycles. The van der Waals surface area contributed by atoms with Crippen molar-refractivity contribution in [1.29, 1.82) is 0 Å². The maximum atomic E-state index is 12.7. The zero-order chi connectivity index (χ0) is 21.3. The molecule has 4 amide bonds. The van der Waals surface area contributed by atoms with Crippen LogP contribution in [0.1, 0.15) is 42.9 Å². The van der Waals surface area contributed by atoms with Crippen LogP contribution in [0.5, 0.6) is 0 Å². The molecular weight excluding hydrogens is 380 g/mol. The SMILES string of the molecule is CCC1(C)NC(=O)N(NC(=O)CN2Cc3ccccc3C(c3ccccc3)C2)C1=O. The third kappa shape index (κ3) is 3.68. The zero-order valence-electron chi connectivity index (χ0n) is 17.2. The fourth-order valence-corrected chi connectivity index (χ4v) is 4.16. The number of nitrogens with zero attached hydrogens (tertiary/aromatic N) is 2. The molecule has 2 heterocycles. The highest BCUT2D eigenvalue weighted by Crippen LogP contribution is 2.33. The van der Waals surface area contributed by atoms with Gasteiger partial charge in [0.25, 0.3) is 11.8 Å². The van der Waals surface area contributed by atoms with E-state index in [-0.39, 0.29) is 18.4 Å². The molecule has 0 saturated carbocycles. The number of amides is 4. The lowest BCUT2D eigenvalue weighted by Gasteiger charge is -2.34. The van der Waals surface area contributed by atoms with Crippen molar-refractivity contribution >= 4 is 17.8 Å². The number of benzene rings is 2. The Morgan fingerprint density at radius 3 is 2.53 bits per heavy atom. The third-order valence-electron chi connectivity index (χ3n) is 6.04. The van der Waals surface area contributed by atoms with Crippen LogP contribution in [0, 0.1) is 0 Å². The molecule has 156 valence electrons. The fourth-order valence-electron chi connectivity index (χ4n) is 4.16. The molecule has 0 radical (unpaired) electrons. The molecule has 0 aliphatic carbocycles. The lowest BCUT2D eigenvalue weighted by Crippen LogP contribution is -2.51. The lowest BCUT2D eigenvalue weighted by molar-refractivity contribution is -0.139. The first kappa shape index (κ1) is 20.1. The summed E-state index contributed by atoms with van der Waals surface area (Å²) in [5.74, 6) is -0.663. The Balaban J connectivity index is 1.48. The summed E-state index contributed by atoms with van der Waals surface area (Å²) < 4.78 is 0. The molecule has 7 nitrogen and oxygen atoms in total. The molecule has 4 rings (SSSR count). The van der Waals surface area contributed by atoms with Gasteiger partial charge in [-0.25, -0.2) is 4.79 Å². The fraction of sp³-hybridized carbons (Fsp3) is 0.348. The van der Waals surface area contributed by atoms with Crippen LogP contribution < -0.4 is 10.7 Å². The van der Waals surface area contributed by atoms with Crippen molar-refractivity contribution in [2.45, 2.75) is 38.3 Å². The summed E-state index contributed by atoms with van der Waals surface area (Å²) in [7, 11) is 0. The number of rotatable bonds is 5. The quantitative estimate of drug-likeness (QED) is 0.747. The van der Waals surface area contributed by atoms with E-state index >= 15 is 0 Å². The van der Waals surface area contributed by atoms with Gasteiger partial charge >= 0.3 is 6.03 Å². The summed E-state index contributed by atoms with van der Waals surface area (Å²) in [5.41, 5.74) is 5.15. The number of hydrogen-bond acceptors (Lipinski definition) is 4. The van der Waals surface area contributed by atoms with E-state index in [2.05, 4.69) is 35.0 Å². The Hall–Kier alpha value is -3.19. The van der Waals surface area contributed by atoms with Gasteiger partial charge in [-0.3, -0.25) is 19.9 Å². The minimum Gasteiger partial charge on any atom is -0.322 e. The van der Waals surface area contributed by atoms with Crippen molar-refractivity contribution in [2.24, 2.45) is 0 Å². The Morgan fingerprint density at radius 1 is 1.13 bits per heavy atom.